The lowest BCUT2D eigenvalue weighted by molar-refractivity contribution is 0.0939. The number of halogens is 1. The van der Waals surface area contributed by atoms with E-state index in [1.165, 1.54) is 0 Å². The van der Waals surface area contributed by atoms with Gasteiger partial charge in [-0.05, 0) is 50.5 Å². The maximum Gasteiger partial charge on any atom is 0.251 e. The molecular weight excluding hydrogens is 320 g/mol. The molecule has 0 bridgehead atoms. The van der Waals surface area contributed by atoms with Crippen LogP contribution in [0.1, 0.15) is 22.2 Å². The third kappa shape index (κ3) is 3.71. The van der Waals surface area contributed by atoms with E-state index in [1.54, 1.807) is 18.4 Å². The molecule has 1 aromatic carbocycles. The van der Waals surface area contributed by atoms with E-state index in [9.17, 15) is 4.79 Å². The first-order valence-corrected chi connectivity index (χ1v) is 7.11. The Morgan fingerprint density at radius 3 is 2.55 bits per heavy atom. The van der Waals surface area contributed by atoms with Crippen LogP contribution in [-0.2, 0) is 0 Å². The van der Waals surface area contributed by atoms with E-state index in [4.69, 9.17) is 4.42 Å². The average molecular weight is 337 g/mol. The lowest BCUT2D eigenvalue weighted by Gasteiger charge is -2.22. The highest BCUT2D eigenvalue weighted by molar-refractivity contribution is 9.10. The van der Waals surface area contributed by atoms with Crippen LogP contribution < -0.4 is 5.32 Å². The highest BCUT2D eigenvalue weighted by atomic mass is 79.9. The van der Waals surface area contributed by atoms with E-state index >= 15 is 0 Å². The summed E-state index contributed by atoms with van der Waals surface area (Å²) in [5.41, 5.74) is 0.644. The number of benzene rings is 1. The molecule has 1 N–H and O–H groups in total. The Labute approximate surface area is 126 Å². The van der Waals surface area contributed by atoms with Gasteiger partial charge in [0.25, 0.3) is 5.91 Å². The minimum absolute atomic E-state index is 0.0180. The number of carbonyl (C=O) groups is 1. The highest BCUT2D eigenvalue weighted by Gasteiger charge is 2.18. The lowest BCUT2D eigenvalue weighted by Crippen LogP contribution is -2.34. The van der Waals surface area contributed by atoms with Gasteiger partial charge in [0.15, 0.2) is 0 Å². The summed E-state index contributed by atoms with van der Waals surface area (Å²) in [6.07, 6.45) is 1.64. The third-order valence-electron chi connectivity index (χ3n) is 3.06. The number of carbonyl (C=O) groups excluding carboxylic acids is 1. The average Bonchev–Trinajstić information content (AvgIpc) is 2.93. The summed E-state index contributed by atoms with van der Waals surface area (Å²) in [6, 6.07) is 11.1. The number of nitrogens with one attached hydrogen (secondary N) is 1. The third-order valence-corrected chi connectivity index (χ3v) is 3.59. The van der Waals surface area contributed by atoms with Crippen molar-refractivity contribution in [1.82, 2.24) is 10.2 Å². The Balaban J connectivity index is 1.99. The fourth-order valence-corrected chi connectivity index (χ4v) is 2.18. The topological polar surface area (TPSA) is 45.5 Å². The zero-order valence-corrected chi connectivity index (χ0v) is 13.1. The lowest BCUT2D eigenvalue weighted by atomic mass is 10.2. The SMILES string of the molecule is CN(C)[C@H](CNC(=O)c1ccc(Br)cc1)c1ccco1. The van der Waals surface area contributed by atoms with Crippen molar-refractivity contribution in [1.29, 1.82) is 0 Å². The molecule has 1 amide bonds. The standard InChI is InChI=1S/C15H17BrN2O2/c1-18(2)13(14-4-3-9-20-14)10-17-15(19)11-5-7-12(16)8-6-11/h3-9,13H,10H2,1-2H3,(H,17,19)/t13-/m1/s1. The molecule has 1 aromatic heterocycles. The number of hydrogen-bond acceptors (Lipinski definition) is 3. The number of furan rings is 1. The van der Waals surface area contributed by atoms with Crippen LogP contribution in [0.4, 0.5) is 0 Å². The Kier molecular flexibility index (Phi) is 4.98. The molecule has 1 heterocycles. The number of likely N-dealkylation sites (N-methyl/N-ethyl adjacent to an activating group) is 1. The Morgan fingerprint density at radius 1 is 1.30 bits per heavy atom. The van der Waals surface area contributed by atoms with E-state index in [0.29, 0.717) is 12.1 Å². The highest BCUT2D eigenvalue weighted by Crippen LogP contribution is 2.18. The number of amides is 1. The molecule has 4 nitrogen and oxygen atoms in total. The van der Waals surface area contributed by atoms with Crippen LogP contribution in [-0.4, -0.2) is 31.4 Å². The van der Waals surface area contributed by atoms with E-state index < -0.39 is 0 Å². The molecule has 5 heteroatoms. The quantitative estimate of drug-likeness (QED) is 0.912. The zero-order chi connectivity index (χ0) is 14.5. The predicted octanol–water partition coefficient (Wildman–Crippen LogP) is 3.07. The summed E-state index contributed by atoms with van der Waals surface area (Å²) in [5.74, 6) is 0.752. The summed E-state index contributed by atoms with van der Waals surface area (Å²) >= 11 is 3.35. The first-order chi connectivity index (χ1) is 9.58. The van der Waals surface area contributed by atoms with Gasteiger partial charge in [-0.3, -0.25) is 9.69 Å². The van der Waals surface area contributed by atoms with E-state index in [2.05, 4.69) is 21.2 Å². The molecule has 0 spiro atoms. The summed E-state index contributed by atoms with van der Waals surface area (Å²) in [7, 11) is 3.91. The second kappa shape index (κ2) is 6.72. The van der Waals surface area contributed by atoms with Gasteiger partial charge >= 0.3 is 0 Å². The van der Waals surface area contributed by atoms with Crippen molar-refractivity contribution in [2.24, 2.45) is 0 Å². The molecule has 20 heavy (non-hydrogen) atoms. The molecule has 0 saturated carbocycles. The maximum atomic E-state index is 12.1. The molecule has 0 aliphatic rings. The van der Waals surface area contributed by atoms with Crippen LogP contribution >= 0.6 is 15.9 Å². The van der Waals surface area contributed by atoms with Crippen LogP contribution in [0.3, 0.4) is 0 Å². The van der Waals surface area contributed by atoms with Crippen LogP contribution in [0.25, 0.3) is 0 Å². The molecular formula is C15H17BrN2O2. The molecule has 0 fully saturated rings. The summed E-state index contributed by atoms with van der Waals surface area (Å²) in [5, 5.41) is 2.93. The Morgan fingerprint density at radius 2 is 2.00 bits per heavy atom. The van der Waals surface area contributed by atoms with Crippen LogP contribution in [0, 0.1) is 0 Å². The first-order valence-electron chi connectivity index (χ1n) is 6.31. The molecule has 2 aromatic rings. The number of nitrogens with zero attached hydrogens (tertiary/aromatic N) is 1. The fraction of sp³-hybridized carbons (Fsp3) is 0.267. The van der Waals surface area contributed by atoms with Crippen molar-refractivity contribution in [3.8, 4) is 0 Å². The molecule has 0 aliphatic heterocycles. The fourth-order valence-electron chi connectivity index (χ4n) is 1.91. The normalized spacial score (nSPS) is 12.4. The van der Waals surface area contributed by atoms with Gasteiger partial charge in [0.1, 0.15) is 5.76 Å². The van der Waals surface area contributed by atoms with E-state index in [-0.39, 0.29) is 11.9 Å². The second-order valence-corrected chi connectivity index (χ2v) is 5.63. The molecule has 106 valence electrons. The summed E-state index contributed by atoms with van der Waals surface area (Å²) in [4.78, 5) is 14.1. The van der Waals surface area contributed by atoms with Crippen molar-refractivity contribution < 1.29 is 9.21 Å². The molecule has 0 unspecified atom stereocenters. The number of rotatable bonds is 5. The van der Waals surface area contributed by atoms with Gasteiger partial charge in [0.05, 0.1) is 12.3 Å². The van der Waals surface area contributed by atoms with Crippen molar-refractivity contribution in [2.45, 2.75) is 6.04 Å². The first kappa shape index (κ1) is 14.8. The monoisotopic (exact) mass is 336 g/mol. The van der Waals surface area contributed by atoms with Crippen molar-refractivity contribution in [3.05, 3.63) is 58.5 Å². The van der Waals surface area contributed by atoms with Gasteiger partial charge < -0.3 is 9.73 Å². The van der Waals surface area contributed by atoms with Gasteiger partial charge in [-0.15, -0.1) is 0 Å². The van der Waals surface area contributed by atoms with Crippen LogP contribution in [0.5, 0.6) is 0 Å². The molecule has 1 atom stereocenters. The van der Waals surface area contributed by atoms with E-state index in [0.717, 1.165) is 10.2 Å². The van der Waals surface area contributed by atoms with Gasteiger partial charge in [0, 0.05) is 16.6 Å². The molecule has 2 rings (SSSR count). The Hall–Kier alpha value is -1.59. The molecule has 0 radical (unpaired) electrons. The molecule has 0 aliphatic carbocycles. The summed E-state index contributed by atoms with van der Waals surface area (Å²) < 4.78 is 6.37. The second-order valence-electron chi connectivity index (χ2n) is 4.71. The zero-order valence-electron chi connectivity index (χ0n) is 11.5. The number of hydrogen-bond donors (Lipinski definition) is 1. The Bertz CT molecular complexity index is 550. The van der Waals surface area contributed by atoms with Gasteiger partial charge in [0.2, 0.25) is 0 Å². The van der Waals surface area contributed by atoms with Crippen molar-refractivity contribution in [2.75, 3.05) is 20.6 Å². The molecule has 0 saturated heterocycles. The van der Waals surface area contributed by atoms with Crippen LogP contribution in [0.15, 0.2) is 51.6 Å². The maximum absolute atomic E-state index is 12.1. The minimum atomic E-state index is -0.0871. The largest absolute Gasteiger partial charge is 0.468 e. The van der Waals surface area contributed by atoms with E-state index in [1.807, 2.05) is 43.3 Å². The summed E-state index contributed by atoms with van der Waals surface area (Å²) in [6.45, 7) is 0.495. The van der Waals surface area contributed by atoms with Crippen molar-refractivity contribution in [3.63, 3.8) is 0 Å². The van der Waals surface area contributed by atoms with Gasteiger partial charge in [-0.1, -0.05) is 15.9 Å². The van der Waals surface area contributed by atoms with Crippen LogP contribution in [0.2, 0.25) is 0 Å². The minimum Gasteiger partial charge on any atom is -0.468 e. The smallest absolute Gasteiger partial charge is 0.251 e. The predicted molar refractivity (Wildman–Crippen MR) is 81.6 cm³/mol. The van der Waals surface area contributed by atoms with Gasteiger partial charge in [-0.25, -0.2) is 0 Å². The van der Waals surface area contributed by atoms with Crippen molar-refractivity contribution >= 4 is 21.8 Å². The van der Waals surface area contributed by atoms with Gasteiger partial charge in [-0.2, -0.15) is 0 Å².